The van der Waals surface area contributed by atoms with Gasteiger partial charge in [-0.2, -0.15) is 5.10 Å². The van der Waals surface area contributed by atoms with Gasteiger partial charge in [0.15, 0.2) is 0 Å². The molecule has 2 heterocycles. The Morgan fingerprint density at radius 1 is 1.50 bits per heavy atom. The summed E-state index contributed by atoms with van der Waals surface area (Å²) in [5.74, 6) is 1.90. The number of carbonyl (C=O) groups excluding carboxylic acids is 1. The Bertz CT molecular complexity index is 486. The summed E-state index contributed by atoms with van der Waals surface area (Å²) in [5, 5.41) is 10.6. The zero-order chi connectivity index (χ0) is 15.9. The van der Waals surface area contributed by atoms with E-state index in [9.17, 15) is 4.79 Å². The topological polar surface area (TPSA) is 81.1 Å². The van der Waals surface area contributed by atoms with Crippen molar-refractivity contribution < 1.29 is 9.53 Å². The molecule has 7 nitrogen and oxygen atoms in total. The highest BCUT2D eigenvalue weighted by atomic mass is 16.5. The van der Waals surface area contributed by atoms with Crippen molar-refractivity contribution in [1.29, 1.82) is 0 Å². The minimum absolute atomic E-state index is 0.0325. The van der Waals surface area contributed by atoms with Crippen LogP contribution < -0.4 is 10.6 Å². The number of nitrogens with zero attached hydrogens (tertiary/aromatic N) is 3. The summed E-state index contributed by atoms with van der Waals surface area (Å²) in [6.07, 6.45) is 2.99. The van der Waals surface area contributed by atoms with E-state index in [1.807, 2.05) is 25.5 Å². The van der Waals surface area contributed by atoms with E-state index in [1.54, 1.807) is 0 Å². The van der Waals surface area contributed by atoms with Crippen molar-refractivity contribution in [3.63, 3.8) is 0 Å². The van der Waals surface area contributed by atoms with Gasteiger partial charge in [-0.05, 0) is 33.6 Å². The minimum Gasteiger partial charge on any atom is -0.379 e. The van der Waals surface area contributed by atoms with E-state index in [4.69, 9.17) is 4.74 Å². The highest BCUT2D eigenvalue weighted by Crippen LogP contribution is 2.12. The van der Waals surface area contributed by atoms with E-state index in [2.05, 4.69) is 20.7 Å². The van der Waals surface area contributed by atoms with Crippen molar-refractivity contribution >= 4 is 5.91 Å². The second kappa shape index (κ2) is 8.24. The van der Waals surface area contributed by atoms with Gasteiger partial charge in [0.05, 0.1) is 19.2 Å². The van der Waals surface area contributed by atoms with Crippen LogP contribution in [0.1, 0.15) is 38.3 Å². The van der Waals surface area contributed by atoms with E-state index >= 15 is 0 Å². The highest BCUT2D eigenvalue weighted by molar-refractivity contribution is 5.77. The monoisotopic (exact) mass is 309 g/mol. The van der Waals surface area contributed by atoms with Crippen LogP contribution in [-0.4, -0.2) is 52.5 Å². The predicted molar refractivity (Wildman–Crippen MR) is 83.6 cm³/mol. The van der Waals surface area contributed by atoms with Gasteiger partial charge in [0.25, 0.3) is 0 Å². The van der Waals surface area contributed by atoms with E-state index in [1.165, 1.54) is 0 Å². The van der Waals surface area contributed by atoms with Crippen molar-refractivity contribution in [2.24, 2.45) is 0 Å². The van der Waals surface area contributed by atoms with E-state index in [0.29, 0.717) is 19.7 Å². The first-order valence-electron chi connectivity index (χ1n) is 8.06. The van der Waals surface area contributed by atoms with Gasteiger partial charge >= 0.3 is 0 Å². The summed E-state index contributed by atoms with van der Waals surface area (Å²) in [6, 6.07) is 0.281. The molecule has 1 aliphatic rings. The van der Waals surface area contributed by atoms with Crippen molar-refractivity contribution in [2.75, 3.05) is 19.7 Å². The lowest BCUT2D eigenvalue weighted by molar-refractivity contribution is -0.120. The van der Waals surface area contributed by atoms with Gasteiger partial charge in [-0.15, -0.1) is 0 Å². The van der Waals surface area contributed by atoms with Crippen LogP contribution in [0.4, 0.5) is 0 Å². The highest BCUT2D eigenvalue weighted by Gasteiger charge is 2.20. The number of nitrogens with one attached hydrogen (secondary N) is 2. The molecule has 0 saturated carbocycles. The van der Waals surface area contributed by atoms with Crippen molar-refractivity contribution in [3.8, 4) is 0 Å². The maximum Gasteiger partial charge on any atom is 0.233 e. The molecule has 22 heavy (non-hydrogen) atoms. The number of hydrogen-bond donors (Lipinski definition) is 2. The average Bonchev–Trinajstić information content (AvgIpc) is 2.83. The first-order valence-corrected chi connectivity index (χ1v) is 8.06. The lowest BCUT2D eigenvalue weighted by Gasteiger charge is -2.23. The predicted octanol–water partition coefficient (Wildman–Crippen LogP) is 0.422. The molecule has 1 aromatic rings. The van der Waals surface area contributed by atoms with Crippen molar-refractivity contribution in [3.05, 3.63) is 11.6 Å². The van der Waals surface area contributed by atoms with Gasteiger partial charge in [-0.3, -0.25) is 4.79 Å². The Morgan fingerprint density at radius 3 is 3.09 bits per heavy atom. The van der Waals surface area contributed by atoms with Gasteiger partial charge in [0, 0.05) is 25.6 Å². The van der Waals surface area contributed by atoms with Gasteiger partial charge < -0.3 is 15.4 Å². The van der Waals surface area contributed by atoms with Gasteiger partial charge in [0.1, 0.15) is 11.6 Å². The second-order valence-electron chi connectivity index (χ2n) is 6.00. The molecule has 0 aromatic carbocycles. The summed E-state index contributed by atoms with van der Waals surface area (Å²) >= 11 is 0. The molecule has 0 radical (unpaired) electrons. The maximum absolute atomic E-state index is 11.8. The normalized spacial score (nSPS) is 17.5. The van der Waals surface area contributed by atoms with Crippen LogP contribution in [-0.2, 0) is 22.5 Å². The number of carbonyl (C=O) groups is 1. The Labute approximate surface area is 131 Å². The zero-order valence-corrected chi connectivity index (χ0v) is 13.8. The van der Waals surface area contributed by atoms with Crippen molar-refractivity contribution in [2.45, 2.75) is 58.7 Å². The molecule has 7 heteroatoms. The molecule has 1 aromatic heterocycles. The fourth-order valence-electron chi connectivity index (χ4n) is 2.52. The number of rotatable bonds is 8. The molecule has 0 fully saturated rings. The van der Waals surface area contributed by atoms with Gasteiger partial charge in [-0.1, -0.05) is 0 Å². The van der Waals surface area contributed by atoms with Crippen LogP contribution in [0.2, 0.25) is 0 Å². The minimum atomic E-state index is 0.0325. The average molecular weight is 309 g/mol. The van der Waals surface area contributed by atoms with E-state index in [0.717, 1.165) is 37.5 Å². The lowest BCUT2D eigenvalue weighted by atomic mass is 10.1. The Balaban J connectivity index is 1.59. The molecule has 124 valence electrons. The lowest BCUT2D eigenvalue weighted by Crippen LogP contribution is -2.43. The van der Waals surface area contributed by atoms with Crippen molar-refractivity contribution in [1.82, 2.24) is 25.4 Å². The third-order valence-corrected chi connectivity index (χ3v) is 3.61. The molecule has 2 rings (SSSR count). The Kier molecular flexibility index (Phi) is 6.33. The summed E-state index contributed by atoms with van der Waals surface area (Å²) in [7, 11) is 0. The zero-order valence-electron chi connectivity index (χ0n) is 13.8. The molecule has 0 saturated heterocycles. The molecule has 0 unspecified atom stereocenters. The van der Waals surface area contributed by atoms with Crippen LogP contribution in [0.3, 0.4) is 0 Å². The fraction of sp³-hybridized carbons (Fsp3) is 0.800. The van der Waals surface area contributed by atoms with Crippen LogP contribution in [0.15, 0.2) is 0 Å². The van der Waals surface area contributed by atoms with Crippen LogP contribution >= 0.6 is 0 Å². The number of amides is 1. The SMILES string of the molecule is Cc1nc2n(n1)C[C@H](NCC(=O)NCCCOC(C)C)CC2. The second-order valence-corrected chi connectivity index (χ2v) is 6.00. The van der Waals surface area contributed by atoms with E-state index in [-0.39, 0.29) is 18.1 Å². The Hall–Kier alpha value is -1.47. The fourth-order valence-corrected chi connectivity index (χ4v) is 2.52. The number of ether oxygens (including phenoxy) is 1. The smallest absolute Gasteiger partial charge is 0.233 e. The number of aromatic nitrogens is 3. The first kappa shape index (κ1) is 16.9. The third kappa shape index (κ3) is 5.38. The molecule has 1 amide bonds. The van der Waals surface area contributed by atoms with Gasteiger partial charge in [-0.25, -0.2) is 9.67 Å². The Morgan fingerprint density at radius 2 is 2.32 bits per heavy atom. The molecule has 0 aliphatic carbocycles. The summed E-state index contributed by atoms with van der Waals surface area (Å²) in [5.41, 5.74) is 0. The number of aryl methyl sites for hydroxylation is 2. The molecule has 1 aliphatic heterocycles. The molecule has 1 atom stereocenters. The molecular formula is C15H27N5O2. The van der Waals surface area contributed by atoms with E-state index < -0.39 is 0 Å². The quantitative estimate of drug-likeness (QED) is 0.680. The summed E-state index contributed by atoms with van der Waals surface area (Å²) < 4.78 is 7.37. The van der Waals surface area contributed by atoms with Crippen LogP contribution in [0, 0.1) is 6.92 Å². The number of hydrogen-bond acceptors (Lipinski definition) is 5. The van der Waals surface area contributed by atoms with Crippen LogP contribution in [0.25, 0.3) is 0 Å². The number of fused-ring (bicyclic) bond motifs is 1. The maximum atomic E-state index is 11.8. The molecule has 0 spiro atoms. The largest absolute Gasteiger partial charge is 0.379 e. The van der Waals surface area contributed by atoms with Gasteiger partial charge in [0.2, 0.25) is 5.91 Å². The molecular weight excluding hydrogens is 282 g/mol. The first-order chi connectivity index (χ1) is 10.5. The van der Waals surface area contributed by atoms with Crippen LogP contribution in [0.5, 0.6) is 0 Å². The molecule has 0 bridgehead atoms. The third-order valence-electron chi connectivity index (χ3n) is 3.61. The molecule has 2 N–H and O–H groups in total. The standard InChI is InChI=1S/C15H27N5O2/c1-11(2)22-8-4-7-16-15(21)9-17-13-5-6-14-18-12(3)19-20(14)10-13/h11,13,17H,4-10H2,1-3H3,(H,16,21)/t13-/m1/s1. The summed E-state index contributed by atoms with van der Waals surface area (Å²) in [6.45, 7) is 8.39. The summed E-state index contributed by atoms with van der Waals surface area (Å²) in [4.78, 5) is 16.2.